The summed E-state index contributed by atoms with van der Waals surface area (Å²) in [5.41, 5.74) is 3.66. The van der Waals surface area contributed by atoms with Crippen LogP contribution in [-0.2, 0) is 9.47 Å². The molecule has 4 atom stereocenters. The molecule has 0 aromatic heterocycles. The topological polar surface area (TPSA) is 76.7 Å². The van der Waals surface area contributed by atoms with E-state index in [0.717, 1.165) is 35.3 Å². The van der Waals surface area contributed by atoms with Crippen LogP contribution in [0, 0.1) is 10.8 Å². The Bertz CT molecular complexity index is 934. The Labute approximate surface area is 176 Å². The third kappa shape index (κ3) is 2.36. The normalized spacial score (nSPS) is 31.1. The number of hydrogen-bond acceptors (Lipinski definition) is 4. The molecule has 0 saturated carbocycles. The third-order valence-electron chi connectivity index (χ3n) is 7.16. The molecule has 2 N–H and O–H groups in total. The molecule has 0 aliphatic heterocycles. The monoisotopic (exact) mass is 406 g/mol. The highest BCUT2D eigenvalue weighted by molar-refractivity contribution is 5.92. The molecule has 5 aliphatic carbocycles. The third-order valence-corrected chi connectivity index (χ3v) is 7.16. The lowest BCUT2D eigenvalue weighted by atomic mass is 9.36. The summed E-state index contributed by atoms with van der Waals surface area (Å²) in [6.45, 7) is 4.19. The summed E-state index contributed by atoms with van der Waals surface area (Å²) in [6.07, 6.45) is 14.8. The Morgan fingerprint density at radius 3 is 1.67 bits per heavy atom. The van der Waals surface area contributed by atoms with Gasteiger partial charge in [-0.05, 0) is 49.9 Å². The van der Waals surface area contributed by atoms with Gasteiger partial charge in [-0.1, -0.05) is 36.5 Å². The molecule has 1 aromatic carbocycles. The minimum Gasteiger partial charge on any atom is -0.450 e. The molecule has 156 valence electrons. The zero-order valence-electron chi connectivity index (χ0n) is 17.2. The number of anilines is 2. The van der Waals surface area contributed by atoms with Crippen LogP contribution in [0.1, 0.15) is 49.7 Å². The zero-order valence-corrected chi connectivity index (χ0v) is 17.2. The van der Waals surface area contributed by atoms with Crippen LogP contribution < -0.4 is 10.6 Å². The molecule has 4 unspecified atom stereocenters. The Morgan fingerprint density at radius 2 is 1.30 bits per heavy atom. The molecule has 30 heavy (non-hydrogen) atoms. The number of ether oxygens (including phenoxy) is 2. The Morgan fingerprint density at radius 1 is 0.867 bits per heavy atom. The van der Waals surface area contributed by atoms with Crippen LogP contribution in [-0.4, -0.2) is 25.4 Å². The van der Waals surface area contributed by atoms with Gasteiger partial charge >= 0.3 is 12.2 Å². The van der Waals surface area contributed by atoms with Gasteiger partial charge in [-0.2, -0.15) is 0 Å². The second-order valence-corrected chi connectivity index (χ2v) is 8.31. The van der Waals surface area contributed by atoms with Crippen LogP contribution in [0.3, 0.4) is 0 Å². The summed E-state index contributed by atoms with van der Waals surface area (Å²) in [6, 6.07) is 3.70. The van der Waals surface area contributed by atoms with Gasteiger partial charge in [0.05, 0.1) is 13.2 Å². The fourth-order valence-electron chi connectivity index (χ4n) is 5.98. The second kappa shape index (κ2) is 6.76. The Balaban J connectivity index is 1.65. The average Bonchev–Trinajstić information content (AvgIpc) is 2.71. The average molecular weight is 406 g/mol. The number of rotatable bonds is 4. The second-order valence-electron chi connectivity index (χ2n) is 8.31. The van der Waals surface area contributed by atoms with Crippen LogP contribution in [0.25, 0.3) is 0 Å². The Kier molecular flexibility index (Phi) is 4.27. The number of amides is 2. The van der Waals surface area contributed by atoms with Crippen molar-refractivity contribution >= 4 is 23.6 Å². The van der Waals surface area contributed by atoms with Gasteiger partial charge in [-0.15, -0.1) is 0 Å². The van der Waals surface area contributed by atoms with Gasteiger partial charge in [0, 0.05) is 34.0 Å². The van der Waals surface area contributed by atoms with Crippen LogP contribution in [0.4, 0.5) is 21.0 Å². The fourth-order valence-corrected chi connectivity index (χ4v) is 5.98. The summed E-state index contributed by atoms with van der Waals surface area (Å²) in [5, 5.41) is 5.86. The lowest BCUT2D eigenvalue weighted by Gasteiger charge is -2.67. The number of carbonyl (C=O) groups is 2. The molecule has 5 aliphatic rings. The van der Waals surface area contributed by atoms with E-state index in [1.165, 1.54) is 0 Å². The van der Waals surface area contributed by atoms with Crippen LogP contribution in [0.5, 0.6) is 0 Å². The van der Waals surface area contributed by atoms with E-state index in [1.54, 1.807) is 13.8 Å². The number of carbonyl (C=O) groups excluding carboxylic acids is 2. The first-order valence-electron chi connectivity index (χ1n) is 10.6. The number of nitrogens with one attached hydrogen (secondary N) is 2. The largest absolute Gasteiger partial charge is 0.450 e. The highest BCUT2D eigenvalue weighted by Crippen LogP contribution is 2.76. The number of hydrogen-bond donors (Lipinski definition) is 2. The standard InChI is InChI=1S/C24H26N2O4/c1-3-29-21(27)25-17-9-10-18(26-22(28)30-4-2)20-16-8-7-15(19(17)20)23-11-5-6-12-24(16,23)14-13-23/h5-10,13-16H,3-4,11-12H2,1-2H3,(H,25,27)(H,26,28). The molecule has 2 amide bonds. The van der Waals surface area contributed by atoms with Crippen molar-refractivity contribution in [3.8, 4) is 0 Å². The molecule has 0 heterocycles. The highest BCUT2D eigenvalue weighted by Gasteiger charge is 2.66. The molecule has 0 spiro atoms. The zero-order chi connectivity index (χ0) is 20.9. The van der Waals surface area contributed by atoms with E-state index in [9.17, 15) is 9.59 Å². The summed E-state index contributed by atoms with van der Waals surface area (Å²) in [4.78, 5) is 24.5. The molecular weight excluding hydrogens is 380 g/mol. The first kappa shape index (κ1) is 19.0. The smallest absolute Gasteiger partial charge is 0.411 e. The van der Waals surface area contributed by atoms with Crippen molar-refractivity contribution in [1.29, 1.82) is 0 Å². The highest BCUT2D eigenvalue weighted by atomic mass is 16.6. The predicted octanol–water partition coefficient (Wildman–Crippen LogP) is 5.47. The minimum atomic E-state index is -0.465. The van der Waals surface area contributed by atoms with Crippen LogP contribution in [0.15, 0.2) is 48.6 Å². The minimum absolute atomic E-state index is 0.0157. The maximum Gasteiger partial charge on any atom is 0.411 e. The summed E-state index contributed by atoms with van der Waals surface area (Å²) in [5.74, 6) is 0.238. The van der Waals surface area contributed by atoms with Gasteiger partial charge < -0.3 is 9.47 Å². The van der Waals surface area contributed by atoms with Gasteiger partial charge in [0.1, 0.15) is 0 Å². The molecule has 0 radical (unpaired) electrons. The van der Waals surface area contributed by atoms with Gasteiger partial charge in [-0.3, -0.25) is 10.6 Å². The van der Waals surface area contributed by atoms with Crippen molar-refractivity contribution < 1.29 is 19.1 Å². The van der Waals surface area contributed by atoms with Gasteiger partial charge in [0.15, 0.2) is 0 Å². The van der Waals surface area contributed by atoms with E-state index in [-0.39, 0.29) is 22.7 Å². The van der Waals surface area contributed by atoms with Crippen molar-refractivity contribution in [1.82, 2.24) is 0 Å². The lowest BCUT2D eigenvalue weighted by molar-refractivity contribution is 0.0369. The summed E-state index contributed by atoms with van der Waals surface area (Å²) in [7, 11) is 0. The molecular formula is C24H26N2O4. The van der Waals surface area contributed by atoms with Crippen molar-refractivity contribution in [2.75, 3.05) is 23.8 Å². The summed E-state index contributed by atoms with van der Waals surface area (Å²) >= 11 is 0. The molecule has 0 fully saturated rings. The number of benzene rings is 1. The quantitative estimate of drug-likeness (QED) is 0.651. The van der Waals surface area contributed by atoms with E-state index in [2.05, 4.69) is 47.1 Å². The van der Waals surface area contributed by atoms with Crippen molar-refractivity contribution in [2.24, 2.45) is 10.8 Å². The first-order chi connectivity index (χ1) is 14.6. The van der Waals surface area contributed by atoms with E-state index in [1.807, 2.05) is 12.1 Å². The van der Waals surface area contributed by atoms with Crippen molar-refractivity contribution in [3.05, 3.63) is 59.7 Å². The maximum absolute atomic E-state index is 12.2. The number of allylic oxidation sites excluding steroid dienone is 6. The maximum atomic E-state index is 12.2. The van der Waals surface area contributed by atoms with Gasteiger partial charge in [-0.25, -0.2) is 9.59 Å². The Hall–Kier alpha value is -3.02. The van der Waals surface area contributed by atoms with Crippen molar-refractivity contribution in [3.63, 3.8) is 0 Å². The van der Waals surface area contributed by atoms with Gasteiger partial charge in [0.25, 0.3) is 0 Å². The fraction of sp³-hybridized carbons (Fsp3) is 0.417. The molecule has 6 heteroatoms. The van der Waals surface area contributed by atoms with E-state index >= 15 is 0 Å². The van der Waals surface area contributed by atoms with E-state index in [4.69, 9.17) is 9.47 Å². The molecule has 6 nitrogen and oxygen atoms in total. The molecule has 1 aromatic rings. The molecule has 2 bridgehead atoms. The van der Waals surface area contributed by atoms with Crippen molar-refractivity contribution in [2.45, 2.75) is 38.5 Å². The molecule has 0 saturated heterocycles. The van der Waals surface area contributed by atoms with Crippen LogP contribution >= 0.6 is 0 Å². The lowest BCUT2D eigenvalue weighted by Crippen LogP contribution is -2.58. The summed E-state index contributed by atoms with van der Waals surface area (Å²) < 4.78 is 10.3. The SMILES string of the molecule is CCOC(=O)Nc1ccc(NC(=O)OCC)c2c1C1C=CC2C23C=CC12CC=CC3. The molecule has 6 rings (SSSR count). The first-order valence-corrected chi connectivity index (χ1v) is 10.6. The van der Waals surface area contributed by atoms with E-state index in [0.29, 0.717) is 13.2 Å². The van der Waals surface area contributed by atoms with Crippen LogP contribution in [0.2, 0.25) is 0 Å². The predicted molar refractivity (Wildman–Crippen MR) is 115 cm³/mol. The van der Waals surface area contributed by atoms with Gasteiger partial charge in [0.2, 0.25) is 0 Å². The van der Waals surface area contributed by atoms with E-state index < -0.39 is 12.2 Å².